The molecule has 0 radical (unpaired) electrons. The van der Waals surface area contributed by atoms with E-state index < -0.39 is 0 Å². The van der Waals surface area contributed by atoms with E-state index in [1.54, 1.807) is 11.3 Å². The average molecular weight is 268 g/mol. The summed E-state index contributed by atoms with van der Waals surface area (Å²) in [5.74, 6) is 0. The van der Waals surface area contributed by atoms with Gasteiger partial charge in [-0.3, -0.25) is 0 Å². The van der Waals surface area contributed by atoms with Crippen molar-refractivity contribution < 1.29 is 0 Å². The van der Waals surface area contributed by atoms with Crippen LogP contribution in [0.25, 0.3) is 10.6 Å². The third-order valence-electron chi connectivity index (χ3n) is 2.09. The smallest absolute Gasteiger partial charge is 0.124 e. The van der Waals surface area contributed by atoms with Crippen LogP contribution in [0.1, 0.15) is 12.5 Å². The summed E-state index contributed by atoms with van der Waals surface area (Å²) in [6, 6.07) is 8.57. The number of thiazole rings is 1. The summed E-state index contributed by atoms with van der Waals surface area (Å²) in [5.41, 5.74) is 2.56. The molecule has 0 aliphatic rings. The number of hydrogen-bond acceptors (Lipinski definition) is 2. The van der Waals surface area contributed by atoms with Gasteiger partial charge in [0.25, 0.3) is 0 Å². The van der Waals surface area contributed by atoms with Crippen LogP contribution in [0.3, 0.4) is 0 Å². The van der Waals surface area contributed by atoms with Gasteiger partial charge < -0.3 is 0 Å². The Morgan fingerprint density at radius 2 is 2.00 bits per heavy atom. The molecule has 0 N–H and O–H groups in total. The molecule has 1 nitrogen and oxygen atoms in total. The van der Waals surface area contributed by atoms with Crippen molar-refractivity contribution in [3.63, 3.8) is 0 Å². The maximum atomic E-state index is 4.37. The number of nitrogens with zero attached hydrogens (tertiary/aromatic N) is 1. The Bertz CT molecular complexity index is 419. The van der Waals surface area contributed by atoms with Crippen molar-refractivity contribution in [2.45, 2.75) is 13.3 Å². The van der Waals surface area contributed by atoms with Crippen LogP contribution in [0.5, 0.6) is 0 Å². The molecule has 2 aromatic rings. The topological polar surface area (TPSA) is 12.9 Å². The van der Waals surface area contributed by atoms with E-state index in [0.29, 0.717) is 0 Å². The largest absolute Gasteiger partial charge is 0.229 e. The van der Waals surface area contributed by atoms with Crippen LogP contribution >= 0.6 is 27.3 Å². The van der Waals surface area contributed by atoms with Crippen molar-refractivity contribution in [3.05, 3.63) is 39.8 Å². The Kier molecular flexibility index (Phi) is 2.99. The Morgan fingerprint density at radius 3 is 2.50 bits per heavy atom. The zero-order valence-corrected chi connectivity index (χ0v) is 10.2. The molecule has 0 fully saturated rings. The van der Waals surface area contributed by atoms with E-state index >= 15 is 0 Å². The van der Waals surface area contributed by atoms with Crippen LogP contribution in [0, 0.1) is 0 Å². The maximum Gasteiger partial charge on any atom is 0.124 e. The summed E-state index contributed by atoms with van der Waals surface area (Å²) < 4.78 is 0.914. The molecule has 0 aliphatic carbocycles. The molecular formula is C11H10BrNS. The van der Waals surface area contributed by atoms with Gasteiger partial charge in [0, 0.05) is 10.9 Å². The lowest BCUT2D eigenvalue weighted by Gasteiger charge is -1.98. The summed E-state index contributed by atoms with van der Waals surface area (Å²) in [6.07, 6.45) is 1.09. The Morgan fingerprint density at radius 1 is 1.29 bits per heavy atom. The van der Waals surface area contributed by atoms with Gasteiger partial charge in [-0.25, -0.2) is 4.98 Å². The summed E-state index contributed by atoms with van der Waals surface area (Å²) in [7, 11) is 0. The van der Waals surface area contributed by atoms with Crippen molar-refractivity contribution >= 4 is 27.3 Å². The summed E-state index contributed by atoms with van der Waals surface area (Å²) in [4.78, 5) is 4.37. The van der Waals surface area contributed by atoms with Gasteiger partial charge >= 0.3 is 0 Å². The van der Waals surface area contributed by atoms with E-state index in [2.05, 4.69) is 52.1 Å². The SMILES string of the molecule is CCc1ccc(-c2nc(Br)cs2)cc1. The maximum absolute atomic E-state index is 4.37. The lowest BCUT2D eigenvalue weighted by Crippen LogP contribution is -1.80. The van der Waals surface area contributed by atoms with Crippen LogP contribution in [0.2, 0.25) is 0 Å². The second-order valence-electron chi connectivity index (χ2n) is 3.03. The summed E-state index contributed by atoms with van der Waals surface area (Å²) in [6.45, 7) is 2.16. The highest BCUT2D eigenvalue weighted by Gasteiger charge is 2.02. The van der Waals surface area contributed by atoms with Gasteiger partial charge in [-0.2, -0.15) is 0 Å². The second-order valence-corrected chi connectivity index (χ2v) is 4.70. The fourth-order valence-corrected chi connectivity index (χ4v) is 2.53. The zero-order chi connectivity index (χ0) is 9.97. The van der Waals surface area contributed by atoms with Gasteiger partial charge in [0.05, 0.1) is 0 Å². The predicted molar refractivity (Wildman–Crippen MR) is 64.6 cm³/mol. The molecule has 0 spiro atoms. The Balaban J connectivity index is 2.33. The third-order valence-corrected chi connectivity index (χ3v) is 3.69. The number of benzene rings is 1. The normalized spacial score (nSPS) is 10.4. The molecule has 3 heteroatoms. The molecule has 0 saturated heterocycles. The molecule has 14 heavy (non-hydrogen) atoms. The molecule has 1 aromatic heterocycles. The minimum absolute atomic E-state index is 0.914. The van der Waals surface area contributed by atoms with E-state index in [9.17, 15) is 0 Å². The molecule has 2 rings (SSSR count). The van der Waals surface area contributed by atoms with Crippen molar-refractivity contribution in [3.8, 4) is 10.6 Å². The molecule has 0 unspecified atom stereocenters. The van der Waals surface area contributed by atoms with Gasteiger partial charge in [0.15, 0.2) is 0 Å². The molecule has 1 heterocycles. The van der Waals surface area contributed by atoms with Gasteiger partial charge in [-0.05, 0) is 27.9 Å². The minimum Gasteiger partial charge on any atom is -0.229 e. The predicted octanol–water partition coefficient (Wildman–Crippen LogP) is 4.14. The van der Waals surface area contributed by atoms with Gasteiger partial charge in [-0.1, -0.05) is 31.2 Å². The van der Waals surface area contributed by atoms with Crippen molar-refractivity contribution in [2.75, 3.05) is 0 Å². The number of halogens is 1. The third kappa shape index (κ3) is 2.04. The highest BCUT2D eigenvalue weighted by Crippen LogP contribution is 2.26. The Labute approximate surface area is 95.9 Å². The van der Waals surface area contributed by atoms with Crippen molar-refractivity contribution in [1.29, 1.82) is 0 Å². The first-order chi connectivity index (χ1) is 6.79. The number of hydrogen-bond donors (Lipinski definition) is 0. The molecule has 0 atom stereocenters. The van der Waals surface area contributed by atoms with Crippen LogP contribution in [0.15, 0.2) is 34.2 Å². The lowest BCUT2D eigenvalue weighted by molar-refractivity contribution is 1.14. The van der Waals surface area contributed by atoms with Crippen molar-refractivity contribution in [2.24, 2.45) is 0 Å². The Hall–Kier alpha value is -0.670. The highest BCUT2D eigenvalue weighted by molar-refractivity contribution is 9.10. The number of aryl methyl sites for hydroxylation is 1. The zero-order valence-electron chi connectivity index (χ0n) is 7.83. The standard InChI is InChI=1S/C11H10BrNS/c1-2-8-3-5-9(6-4-8)11-13-10(12)7-14-11/h3-7H,2H2,1H3. The van der Waals surface area contributed by atoms with E-state index in [4.69, 9.17) is 0 Å². The molecule has 0 saturated carbocycles. The van der Waals surface area contributed by atoms with Crippen LogP contribution < -0.4 is 0 Å². The highest BCUT2D eigenvalue weighted by atomic mass is 79.9. The van der Waals surface area contributed by atoms with Gasteiger partial charge in [-0.15, -0.1) is 11.3 Å². The van der Waals surface area contributed by atoms with Crippen LogP contribution in [0.4, 0.5) is 0 Å². The molecule has 72 valence electrons. The fourth-order valence-electron chi connectivity index (χ4n) is 1.27. The quantitative estimate of drug-likeness (QED) is 0.797. The van der Waals surface area contributed by atoms with Crippen molar-refractivity contribution in [1.82, 2.24) is 4.98 Å². The first kappa shape index (κ1) is 9.87. The second kappa shape index (κ2) is 4.24. The summed E-state index contributed by atoms with van der Waals surface area (Å²) >= 11 is 5.01. The van der Waals surface area contributed by atoms with E-state index in [0.717, 1.165) is 16.0 Å². The van der Waals surface area contributed by atoms with Crippen LogP contribution in [-0.4, -0.2) is 4.98 Å². The first-order valence-corrected chi connectivity index (χ1v) is 6.17. The van der Waals surface area contributed by atoms with E-state index in [1.165, 1.54) is 11.1 Å². The van der Waals surface area contributed by atoms with Crippen LogP contribution in [-0.2, 0) is 6.42 Å². The molecule has 0 aliphatic heterocycles. The lowest BCUT2D eigenvalue weighted by atomic mass is 10.1. The number of rotatable bonds is 2. The molecular weight excluding hydrogens is 258 g/mol. The minimum atomic E-state index is 0.914. The molecule has 0 amide bonds. The van der Waals surface area contributed by atoms with Gasteiger partial charge in [0.2, 0.25) is 0 Å². The van der Waals surface area contributed by atoms with Gasteiger partial charge in [0.1, 0.15) is 9.61 Å². The number of aromatic nitrogens is 1. The molecule has 0 bridgehead atoms. The van der Waals surface area contributed by atoms with E-state index in [-0.39, 0.29) is 0 Å². The first-order valence-electron chi connectivity index (χ1n) is 4.50. The monoisotopic (exact) mass is 267 g/mol. The fraction of sp³-hybridized carbons (Fsp3) is 0.182. The molecule has 1 aromatic carbocycles. The summed E-state index contributed by atoms with van der Waals surface area (Å²) in [5, 5.41) is 3.07. The van der Waals surface area contributed by atoms with E-state index in [1.807, 2.05) is 5.38 Å². The average Bonchev–Trinajstić information content (AvgIpc) is 2.65.